The first-order valence-corrected chi connectivity index (χ1v) is 9.04. The molecule has 0 radical (unpaired) electrons. The predicted octanol–water partition coefficient (Wildman–Crippen LogP) is 3.43. The maximum Gasteiger partial charge on any atom is 0.238 e. The fourth-order valence-corrected chi connectivity index (χ4v) is 3.31. The Morgan fingerprint density at radius 2 is 1.77 bits per heavy atom. The number of halogens is 2. The summed E-state index contributed by atoms with van der Waals surface area (Å²) in [7, 11) is 1.65. The Morgan fingerprint density at radius 3 is 2.46 bits per heavy atom. The maximum absolute atomic E-state index is 14.0. The van der Waals surface area contributed by atoms with Gasteiger partial charge in [-0.1, -0.05) is 42.5 Å². The van der Waals surface area contributed by atoms with E-state index in [1.165, 1.54) is 17.8 Å². The molecule has 142 valence electrons. The fourth-order valence-electron chi connectivity index (χ4n) is 2.23. The van der Waals surface area contributed by atoms with Crippen LogP contribution in [-0.2, 0) is 9.53 Å². The Morgan fingerprint density at radius 1 is 1.08 bits per heavy atom. The number of nitrogens with one attached hydrogen (secondary N) is 2. The summed E-state index contributed by atoms with van der Waals surface area (Å²) < 4.78 is 18.9. The number of benzene rings is 2. The van der Waals surface area contributed by atoms with E-state index in [4.69, 9.17) is 4.74 Å². The topological polar surface area (TPSA) is 50.4 Å². The minimum atomic E-state index is -0.503. The SMILES string of the molecule is COCCNCCNC(=O)C(Sc1ccccc1F)c1ccccc1.Cl. The lowest BCUT2D eigenvalue weighted by molar-refractivity contribution is -0.120. The number of carbonyl (C=O) groups excluding carboxylic acids is 1. The summed E-state index contributed by atoms with van der Waals surface area (Å²) >= 11 is 1.22. The summed E-state index contributed by atoms with van der Waals surface area (Å²) in [5.41, 5.74) is 0.848. The monoisotopic (exact) mass is 398 g/mol. The quantitative estimate of drug-likeness (QED) is 0.475. The molecule has 0 saturated heterocycles. The van der Waals surface area contributed by atoms with Crippen molar-refractivity contribution in [3.05, 3.63) is 66.0 Å². The highest BCUT2D eigenvalue weighted by Gasteiger charge is 2.22. The molecule has 2 aromatic rings. The van der Waals surface area contributed by atoms with Crippen molar-refractivity contribution in [1.82, 2.24) is 10.6 Å². The Labute approximate surface area is 164 Å². The largest absolute Gasteiger partial charge is 0.383 e. The van der Waals surface area contributed by atoms with E-state index in [-0.39, 0.29) is 24.1 Å². The Hall–Kier alpha value is -1.60. The van der Waals surface area contributed by atoms with Gasteiger partial charge in [0.2, 0.25) is 5.91 Å². The molecule has 0 aliphatic heterocycles. The van der Waals surface area contributed by atoms with Crippen molar-refractivity contribution in [3.63, 3.8) is 0 Å². The molecule has 2 N–H and O–H groups in total. The number of methoxy groups -OCH3 is 1. The molecule has 0 spiro atoms. The van der Waals surface area contributed by atoms with Gasteiger partial charge in [0.25, 0.3) is 0 Å². The van der Waals surface area contributed by atoms with Gasteiger partial charge in [-0.2, -0.15) is 0 Å². The van der Waals surface area contributed by atoms with Gasteiger partial charge in [-0.3, -0.25) is 4.79 Å². The average molecular weight is 399 g/mol. The van der Waals surface area contributed by atoms with E-state index in [2.05, 4.69) is 10.6 Å². The number of thioether (sulfide) groups is 1. The van der Waals surface area contributed by atoms with Crippen molar-refractivity contribution < 1.29 is 13.9 Å². The lowest BCUT2D eigenvalue weighted by atomic mass is 10.1. The molecule has 0 aromatic heterocycles. The molecule has 2 aromatic carbocycles. The molecule has 26 heavy (non-hydrogen) atoms. The van der Waals surface area contributed by atoms with Gasteiger partial charge in [-0.25, -0.2) is 4.39 Å². The summed E-state index contributed by atoms with van der Waals surface area (Å²) in [6.45, 7) is 2.52. The minimum Gasteiger partial charge on any atom is -0.383 e. The molecule has 0 heterocycles. The van der Waals surface area contributed by atoms with Crippen molar-refractivity contribution in [1.29, 1.82) is 0 Å². The molecule has 4 nitrogen and oxygen atoms in total. The number of hydrogen-bond donors (Lipinski definition) is 2. The molecule has 7 heteroatoms. The molecule has 1 unspecified atom stereocenters. The van der Waals surface area contributed by atoms with Crippen molar-refractivity contribution in [2.45, 2.75) is 10.1 Å². The van der Waals surface area contributed by atoms with E-state index in [1.54, 1.807) is 25.3 Å². The third kappa shape index (κ3) is 7.33. The molecule has 2 rings (SSSR count). The number of hydrogen-bond acceptors (Lipinski definition) is 4. The van der Waals surface area contributed by atoms with Gasteiger partial charge in [0.1, 0.15) is 11.1 Å². The highest BCUT2D eigenvalue weighted by Crippen LogP contribution is 2.36. The van der Waals surface area contributed by atoms with Crippen LogP contribution in [0, 0.1) is 5.82 Å². The zero-order valence-corrected chi connectivity index (χ0v) is 16.2. The van der Waals surface area contributed by atoms with E-state index in [9.17, 15) is 9.18 Å². The molecule has 0 bridgehead atoms. The number of amides is 1. The van der Waals surface area contributed by atoms with E-state index in [0.29, 0.717) is 24.6 Å². The van der Waals surface area contributed by atoms with Gasteiger partial charge in [0.15, 0.2) is 0 Å². The Kier molecular flexibility index (Phi) is 11.0. The van der Waals surface area contributed by atoms with Crippen LogP contribution in [0.5, 0.6) is 0 Å². The van der Waals surface area contributed by atoms with Crippen molar-refractivity contribution in [3.8, 4) is 0 Å². The van der Waals surface area contributed by atoms with Crippen LogP contribution in [0.1, 0.15) is 10.8 Å². The van der Waals surface area contributed by atoms with Crippen LogP contribution in [0.3, 0.4) is 0 Å². The molecule has 0 aliphatic carbocycles. The first-order chi connectivity index (χ1) is 12.2. The molecule has 0 saturated carbocycles. The second-order valence-electron chi connectivity index (χ2n) is 5.37. The fraction of sp³-hybridized carbons (Fsp3) is 0.316. The summed E-state index contributed by atoms with van der Waals surface area (Å²) in [6.07, 6.45) is 0. The number of ether oxygens (including phenoxy) is 1. The van der Waals surface area contributed by atoms with Gasteiger partial charge in [0.05, 0.1) is 6.61 Å². The lowest BCUT2D eigenvalue weighted by Gasteiger charge is -2.17. The van der Waals surface area contributed by atoms with Crippen molar-refractivity contribution >= 4 is 30.1 Å². The normalized spacial score (nSPS) is 11.5. The molecule has 0 aliphatic rings. The second-order valence-corrected chi connectivity index (χ2v) is 6.52. The van der Waals surface area contributed by atoms with Crippen molar-refractivity contribution in [2.75, 3.05) is 33.4 Å². The van der Waals surface area contributed by atoms with Crippen LogP contribution in [0.15, 0.2) is 59.5 Å². The summed E-state index contributed by atoms with van der Waals surface area (Å²) in [5.74, 6) is -0.449. The second kappa shape index (κ2) is 12.7. The summed E-state index contributed by atoms with van der Waals surface area (Å²) in [5, 5.41) is 5.58. The lowest BCUT2D eigenvalue weighted by Crippen LogP contribution is -2.35. The summed E-state index contributed by atoms with van der Waals surface area (Å²) in [4.78, 5) is 13.1. The smallest absolute Gasteiger partial charge is 0.238 e. The zero-order valence-electron chi connectivity index (χ0n) is 14.6. The van der Waals surface area contributed by atoms with E-state index in [0.717, 1.165) is 12.1 Å². The minimum absolute atomic E-state index is 0. The summed E-state index contributed by atoms with van der Waals surface area (Å²) in [6, 6.07) is 15.9. The zero-order chi connectivity index (χ0) is 17.9. The standard InChI is InChI=1S/C19H23FN2O2S.ClH/c1-24-14-13-21-11-12-22-19(23)18(15-7-3-2-4-8-15)25-17-10-6-5-9-16(17)20;/h2-10,18,21H,11-14H2,1H3,(H,22,23);1H. The first kappa shape index (κ1) is 22.4. The van der Waals surface area contributed by atoms with Gasteiger partial charge in [-0.15, -0.1) is 24.2 Å². The average Bonchev–Trinajstić information content (AvgIpc) is 2.64. The molecule has 1 amide bonds. The molecule has 0 fully saturated rings. The van der Waals surface area contributed by atoms with E-state index >= 15 is 0 Å². The molecular weight excluding hydrogens is 375 g/mol. The highest BCUT2D eigenvalue weighted by atomic mass is 35.5. The highest BCUT2D eigenvalue weighted by molar-refractivity contribution is 8.00. The van der Waals surface area contributed by atoms with Crippen LogP contribution < -0.4 is 10.6 Å². The van der Waals surface area contributed by atoms with Crippen LogP contribution in [-0.4, -0.2) is 39.3 Å². The Bertz CT molecular complexity index is 661. The van der Waals surface area contributed by atoms with E-state index in [1.807, 2.05) is 30.3 Å². The third-order valence-electron chi connectivity index (χ3n) is 3.51. The number of carbonyl (C=O) groups is 1. The van der Waals surface area contributed by atoms with Crippen LogP contribution in [0.25, 0.3) is 0 Å². The van der Waals surface area contributed by atoms with Crippen LogP contribution in [0.4, 0.5) is 4.39 Å². The van der Waals surface area contributed by atoms with Crippen LogP contribution in [0.2, 0.25) is 0 Å². The number of rotatable bonds is 10. The van der Waals surface area contributed by atoms with Gasteiger partial charge >= 0.3 is 0 Å². The van der Waals surface area contributed by atoms with Crippen LogP contribution >= 0.6 is 24.2 Å². The van der Waals surface area contributed by atoms with Gasteiger partial charge in [0, 0.05) is 31.6 Å². The van der Waals surface area contributed by atoms with E-state index < -0.39 is 5.25 Å². The molecule has 1 atom stereocenters. The van der Waals surface area contributed by atoms with Gasteiger partial charge in [-0.05, 0) is 17.7 Å². The predicted molar refractivity (Wildman–Crippen MR) is 106 cm³/mol. The third-order valence-corrected chi connectivity index (χ3v) is 4.81. The maximum atomic E-state index is 14.0. The van der Waals surface area contributed by atoms with Gasteiger partial charge < -0.3 is 15.4 Å². The van der Waals surface area contributed by atoms with Crippen molar-refractivity contribution in [2.24, 2.45) is 0 Å². The first-order valence-electron chi connectivity index (χ1n) is 8.16. The Balaban J connectivity index is 0.00000338. The molecular formula is C19H24ClFN2O2S.